The van der Waals surface area contributed by atoms with Gasteiger partial charge in [0.15, 0.2) is 0 Å². The second-order valence-electron chi connectivity index (χ2n) is 12.4. The molecule has 1 unspecified atom stereocenters. The van der Waals surface area contributed by atoms with Crippen LogP contribution in [0.1, 0.15) is 95.5 Å². The quantitative estimate of drug-likeness (QED) is 0.188. The molecular weight excluding hydrogens is 578 g/mol. The number of nitrogens with one attached hydrogen (secondary N) is 2. The first-order chi connectivity index (χ1) is 22.5. The fourth-order valence-electron chi connectivity index (χ4n) is 6.08. The zero-order valence-electron chi connectivity index (χ0n) is 26.2. The molecule has 0 saturated heterocycles. The van der Waals surface area contributed by atoms with Gasteiger partial charge in [-0.3, -0.25) is 24.5 Å². The Balaban J connectivity index is 0.936. The van der Waals surface area contributed by atoms with E-state index in [-0.39, 0.29) is 17.9 Å². The average molecular weight is 620 g/mol. The lowest BCUT2D eigenvalue weighted by molar-refractivity contribution is 0.0908. The lowest BCUT2D eigenvalue weighted by atomic mass is 9.76. The van der Waals surface area contributed by atoms with Crippen molar-refractivity contribution in [1.82, 2.24) is 25.6 Å². The van der Waals surface area contributed by atoms with E-state index in [4.69, 9.17) is 9.47 Å². The largest absolute Gasteiger partial charge is 0.487 e. The number of aromatic nitrogens is 3. The van der Waals surface area contributed by atoms with Crippen LogP contribution < -0.4 is 20.1 Å². The Morgan fingerprint density at radius 2 is 1.46 bits per heavy atom. The van der Waals surface area contributed by atoms with Gasteiger partial charge in [-0.2, -0.15) is 0 Å². The molecule has 9 nitrogen and oxygen atoms in total. The predicted molar refractivity (Wildman–Crippen MR) is 175 cm³/mol. The summed E-state index contributed by atoms with van der Waals surface area (Å²) in [5, 5.41) is 6.24. The third-order valence-corrected chi connectivity index (χ3v) is 9.19. The SMILES string of the molecule is CC(NC(=O)c1ccc(COc2cccnc2)nc1)C1CCC(c2cccc(OCc3ccc(C(=O)NC4CCC4)cn3)c2)CC1. The minimum absolute atomic E-state index is 0.0597. The van der Waals surface area contributed by atoms with Crippen LogP contribution in [0.25, 0.3) is 0 Å². The van der Waals surface area contributed by atoms with E-state index >= 15 is 0 Å². The van der Waals surface area contributed by atoms with E-state index in [0.717, 1.165) is 55.7 Å². The highest BCUT2D eigenvalue weighted by Gasteiger charge is 2.27. The Bertz CT molecular complexity index is 1580. The summed E-state index contributed by atoms with van der Waals surface area (Å²) in [5.74, 6) is 2.21. The molecule has 3 heterocycles. The molecule has 2 amide bonds. The van der Waals surface area contributed by atoms with Crippen LogP contribution in [0.4, 0.5) is 0 Å². The standard InChI is InChI=1S/C37H41N5O4/c1-25(41-36(43)29-14-16-33(39-20-29)24-46-35-9-4-18-38-22-35)26-10-12-27(13-11-26)28-5-2-8-34(19-28)45-23-32-17-15-30(21-40-32)37(44)42-31-6-3-7-31/h2,4-5,8-9,14-22,25-27,31H,3,6-7,10-13,23-24H2,1H3,(H,41,43)(H,42,44). The summed E-state index contributed by atoms with van der Waals surface area (Å²) in [7, 11) is 0. The van der Waals surface area contributed by atoms with Gasteiger partial charge in [-0.25, -0.2) is 0 Å². The monoisotopic (exact) mass is 619 g/mol. The maximum atomic E-state index is 12.9. The van der Waals surface area contributed by atoms with E-state index < -0.39 is 0 Å². The van der Waals surface area contributed by atoms with Gasteiger partial charge in [0.1, 0.15) is 24.7 Å². The Morgan fingerprint density at radius 1 is 0.783 bits per heavy atom. The minimum atomic E-state index is -0.104. The average Bonchev–Trinajstić information content (AvgIpc) is 3.09. The fourth-order valence-corrected chi connectivity index (χ4v) is 6.08. The summed E-state index contributed by atoms with van der Waals surface area (Å²) in [6.07, 6.45) is 14.1. The number of pyridine rings is 3. The molecule has 2 saturated carbocycles. The lowest BCUT2D eigenvalue weighted by Crippen LogP contribution is -2.39. The zero-order valence-corrected chi connectivity index (χ0v) is 26.2. The van der Waals surface area contributed by atoms with Crippen molar-refractivity contribution in [3.05, 3.63) is 114 Å². The maximum absolute atomic E-state index is 12.9. The van der Waals surface area contributed by atoms with Crippen molar-refractivity contribution < 1.29 is 19.1 Å². The molecule has 1 aromatic carbocycles. The normalized spacial score (nSPS) is 18.5. The number of carbonyl (C=O) groups excluding carboxylic acids is 2. The van der Waals surface area contributed by atoms with E-state index in [2.05, 4.69) is 44.6 Å². The van der Waals surface area contributed by atoms with Crippen LogP contribution in [-0.2, 0) is 13.2 Å². The Labute approximate surface area is 270 Å². The third kappa shape index (κ3) is 8.27. The molecule has 238 valence electrons. The molecule has 6 rings (SSSR count). The molecule has 2 N–H and O–H groups in total. The first-order valence-corrected chi connectivity index (χ1v) is 16.3. The van der Waals surface area contributed by atoms with Crippen LogP contribution in [0.15, 0.2) is 85.5 Å². The van der Waals surface area contributed by atoms with E-state index in [1.54, 1.807) is 30.9 Å². The topological polar surface area (TPSA) is 115 Å². The van der Waals surface area contributed by atoms with Crippen LogP contribution in [-0.4, -0.2) is 38.8 Å². The molecule has 2 aliphatic carbocycles. The second-order valence-corrected chi connectivity index (χ2v) is 12.4. The molecule has 0 bridgehead atoms. The number of ether oxygens (including phenoxy) is 2. The summed E-state index contributed by atoms with van der Waals surface area (Å²) in [6, 6.07) is 19.7. The zero-order chi connectivity index (χ0) is 31.7. The van der Waals surface area contributed by atoms with E-state index in [0.29, 0.717) is 48.0 Å². The van der Waals surface area contributed by atoms with Gasteiger partial charge < -0.3 is 20.1 Å². The smallest absolute Gasteiger partial charge is 0.253 e. The van der Waals surface area contributed by atoms with Crippen molar-refractivity contribution in [3.63, 3.8) is 0 Å². The Morgan fingerprint density at radius 3 is 2.07 bits per heavy atom. The van der Waals surface area contributed by atoms with Gasteiger partial charge in [0, 0.05) is 30.7 Å². The van der Waals surface area contributed by atoms with E-state index in [9.17, 15) is 9.59 Å². The van der Waals surface area contributed by atoms with Gasteiger partial charge in [-0.1, -0.05) is 12.1 Å². The lowest BCUT2D eigenvalue weighted by Gasteiger charge is -2.33. The van der Waals surface area contributed by atoms with Crippen molar-refractivity contribution in [1.29, 1.82) is 0 Å². The first-order valence-electron chi connectivity index (χ1n) is 16.3. The van der Waals surface area contributed by atoms with Crippen molar-refractivity contribution in [3.8, 4) is 11.5 Å². The van der Waals surface area contributed by atoms with E-state index in [1.165, 1.54) is 12.0 Å². The minimum Gasteiger partial charge on any atom is -0.487 e. The highest BCUT2D eigenvalue weighted by molar-refractivity contribution is 5.94. The maximum Gasteiger partial charge on any atom is 0.253 e. The third-order valence-electron chi connectivity index (χ3n) is 9.19. The molecule has 1 atom stereocenters. The molecule has 9 heteroatoms. The molecule has 0 radical (unpaired) electrons. The summed E-state index contributed by atoms with van der Waals surface area (Å²) >= 11 is 0. The fraction of sp³-hybridized carbons (Fsp3) is 0.378. The van der Waals surface area contributed by atoms with Crippen molar-refractivity contribution in [2.45, 2.75) is 83.1 Å². The number of rotatable bonds is 12. The molecule has 0 aliphatic heterocycles. The summed E-state index contributed by atoms with van der Waals surface area (Å²) < 4.78 is 11.8. The molecule has 4 aromatic rings. The number of hydrogen-bond acceptors (Lipinski definition) is 7. The highest BCUT2D eigenvalue weighted by Crippen LogP contribution is 2.38. The van der Waals surface area contributed by atoms with Gasteiger partial charge in [-0.05, 0) is 118 Å². The highest BCUT2D eigenvalue weighted by atomic mass is 16.5. The van der Waals surface area contributed by atoms with Crippen molar-refractivity contribution in [2.75, 3.05) is 0 Å². The van der Waals surface area contributed by atoms with Gasteiger partial charge in [0.25, 0.3) is 11.8 Å². The van der Waals surface area contributed by atoms with Crippen molar-refractivity contribution >= 4 is 11.8 Å². The number of benzene rings is 1. The predicted octanol–water partition coefficient (Wildman–Crippen LogP) is 6.40. The summed E-state index contributed by atoms with van der Waals surface area (Å²) in [4.78, 5) is 38.2. The molecule has 2 fully saturated rings. The molecule has 46 heavy (non-hydrogen) atoms. The second kappa shape index (κ2) is 15.0. The molecule has 2 aliphatic rings. The number of carbonyl (C=O) groups is 2. The Hall–Kier alpha value is -4.79. The number of nitrogens with zero attached hydrogens (tertiary/aromatic N) is 3. The molecule has 3 aromatic heterocycles. The summed E-state index contributed by atoms with van der Waals surface area (Å²) in [6.45, 7) is 2.76. The van der Waals surface area contributed by atoms with Crippen LogP contribution in [0.3, 0.4) is 0 Å². The van der Waals surface area contributed by atoms with Crippen LogP contribution in [0.2, 0.25) is 0 Å². The van der Waals surface area contributed by atoms with Crippen LogP contribution >= 0.6 is 0 Å². The number of hydrogen-bond donors (Lipinski definition) is 2. The molecular formula is C37H41N5O4. The van der Waals surface area contributed by atoms with Gasteiger partial charge >= 0.3 is 0 Å². The first kappa shape index (κ1) is 31.2. The Kier molecular flexibility index (Phi) is 10.2. The van der Waals surface area contributed by atoms with Gasteiger partial charge in [0.2, 0.25) is 0 Å². The van der Waals surface area contributed by atoms with Gasteiger partial charge in [-0.15, -0.1) is 0 Å². The van der Waals surface area contributed by atoms with Crippen molar-refractivity contribution in [2.24, 2.45) is 5.92 Å². The van der Waals surface area contributed by atoms with Crippen LogP contribution in [0.5, 0.6) is 11.5 Å². The van der Waals surface area contributed by atoms with Gasteiger partial charge in [0.05, 0.1) is 28.7 Å². The van der Waals surface area contributed by atoms with Crippen LogP contribution in [0, 0.1) is 5.92 Å². The molecule has 0 spiro atoms. The van der Waals surface area contributed by atoms with E-state index in [1.807, 2.05) is 42.5 Å². The number of amides is 2. The summed E-state index contributed by atoms with van der Waals surface area (Å²) in [5.41, 5.74) is 3.93.